The van der Waals surface area contributed by atoms with E-state index in [1.165, 1.54) is 0 Å². The summed E-state index contributed by atoms with van der Waals surface area (Å²) in [6, 6.07) is 5.91. The average molecular weight is 437 g/mol. The second-order valence-electron chi connectivity index (χ2n) is 8.28. The fourth-order valence-electron chi connectivity index (χ4n) is 4.27. The van der Waals surface area contributed by atoms with Crippen LogP contribution in [0.15, 0.2) is 36.8 Å². The van der Waals surface area contributed by atoms with Gasteiger partial charge >= 0.3 is 0 Å². The van der Waals surface area contributed by atoms with Gasteiger partial charge in [-0.15, -0.1) is 0 Å². The Morgan fingerprint density at radius 1 is 1.31 bits per heavy atom. The quantitative estimate of drug-likeness (QED) is 0.633. The van der Waals surface area contributed by atoms with Crippen LogP contribution in [0.1, 0.15) is 22.8 Å². The largest absolute Gasteiger partial charge is 0.488 e. The van der Waals surface area contributed by atoms with E-state index in [-0.39, 0.29) is 12.0 Å². The molecule has 2 aromatic heterocycles. The van der Waals surface area contributed by atoms with E-state index >= 15 is 0 Å². The summed E-state index contributed by atoms with van der Waals surface area (Å²) in [5.41, 5.74) is 3.82. The van der Waals surface area contributed by atoms with Crippen LogP contribution in [0.3, 0.4) is 0 Å². The van der Waals surface area contributed by atoms with Crippen LogP contribution in [-0.2, 0) is 11.2 Å². The van der Waals surface area contributed by atoms with E-state index in [1.54, 1.807) is 29.2 Å². The predicted molar refractivity (Wildman–Crippen MR) is 122 cm³/mol. The predicted octanol–water partition coefficient (Wildman–Crippen LogP) is 2.07. The van der Waals surface area contributed by atoms with Crippen LogP contribution < -0.4 is 15.0 Å². The van der Waals surface area contributed by atoms with Crippen molar-refractivity contribution in [3.05, 3.63) is 47.9 Å². The highest BCUT2D eigenvalue weighted by atomic mass is 16.5. The molecule has 4 heterocycles. The monoisotopic (exact) mass is 436 g/mol. The van der Waals surface area contributed by atoms with Crippen LogP contribution in [0.25, 0.3) is 5.65 Å². The van der Waals surface area contributed by atoms with Gasteiger partial charge in [-0.2, -0.15) is 5.10 Å². The molecule has 1 amide bonds. The fourth-order valence-corrected chi connectivity index (χ4v) is 4.27. The lowest BCUT2D eigenvalue weighted by Crippen LogP contribution is -2.36. The van der Waals surface area contributed by atoms with Crippen LogP contribution >= 0.6 is 0 Å². The molecular formula is C23H28N6O3. The van der Waals surface area contributed by atoms with Gasteiger partial charge in [0.2, 0.25) is 0 Å². The molecule has 1 aromatic carbocycles. The number of carbonyl (C=O) groups excluding carboxylic acids is 1. The van der Waals surface area contributed by atoms with E-state index in [4.69, 9.17) is 9.47 Å². The third kappa shape index (κ3) is 4.01. The molecule has 168 valence electrons. The Morgan fingerprint density at radius 3 is 2.97 bits per heavy atom. The SMILES string of the molecule is CCN(C)CC1Cc2cc(NC(=O)c3cnn4cccnc34)c(N3CCOCC3)cc2O1. The molecule has 1 unspecified atom stereocenters. The first-order valence-electron chi connectivity index (χ1n) is 11.1. The molecule has 1 atom stereocenters. The summed E-state index contributed by atoms with van der Waals surface area (Å²) in [5.74, 6) is 0.672. The van der Waals surface area contributed by atoms with Crippen LogP contribution in [0.2, 0.25) is 0 Å². The molecule has 0 bridgehead atoms. The van der Waals surface area contributed by atoms with Crippen molar-refractivity contribution < 1.29 is 14.3 Å². The van der Waals surface area contributed by atoms with Crippen molar-refractivity contribution in [3.63, 3.8) is 0 Å². The van der Waals surface area contributed by atoms with Crippen molar-refractivity contribution >= 4 is 22.9 Å². The third-order valence-electron chi connectivity index (χ3n) is 6.10. The van der Waals surface area contributed by atoms with Gasteiger partial charge in [0.25, 0.3) is 5.91 Å². The molecule has 0 aliphatic carbocycles. The maximum absolute atomic E-state index is 13.2. The maximum atomic E-state index is 13.2. The Morgan fingerprint density at radius 2 is 2.16 bits per heavy atom. The number of likely N-dealkylation sites (N-methyl/N-ethyl adjacent to an activating group) is 1. The number of nitrogens with one attached hydrogen (secondary N) is 1. The molecule has 0 saturated carbocycles. The Labute approximate surface area is 186 Å². The molecule has 3 aromatic rings. The first kappa shape index (κ1) is 20.7. The summed E-state index contributed by atoms with van der Waals surface area (Å²) in [6.45, 7) is 6.84. The standard InChI is InChI=1S/C23H28N6O3/c1-3-27(2)15-17-11-16-12-19(20(13-21(16)32-17)28-7-9-31-10-8-28)26-23(30)18-14-25-29-6-4-5-24-22(18)29/h4-6,12-14,17H,3,7-11,15H2,1-2H3,(H,26,30). The van der Waals surface area contributed by atoms with Crippen molar-refractivity contribution in [2.75, 3.05) is 56.7 Å². The van der Waals surface area contributed by atoms with Crippen LogP contribution in [-0.4, -0.2) is 77.9 Å². The summed E-state index contributed by atoms with van der Waals surface area (Å²) in [6.07, 6.45) is 5.93. The molecule has 5 rings (SSSR count). The summed E-state index contributed by atoms with van der Waals surface area (Å²) in [7, 11) is 2.10. The lowest BCUT2D eigenvalue weighted by atomic mass is 10.1. The fraction of sp³-hybridized carbons (Fsp3) is 0.435. The number of nitrogens with zero attached hydrogens (tertiary/aromatic N) is 5. The molecule has 32 heavy (non-hydrogen) atoms. The van der Waals surface area contributed by atoms with Gasteiger partial charge in [0.05, 0.1) is 30.8 Å². The number of anilines is 2. The number of benzene rings is 1. The Hall–Kier alpha value is -3.17. The molecule has 2 aliphatic heterocycles. The lowest BCUT2D eigenvalue weighted by molar-refractivity contribution is 0.102. The van der Waals surface area contributed by atoms with Crippen LogP contribution in [0.4, 0.5) is 11.4 Å². The first-order valence-corrected chi connectivity index (χ1v) is 11.1. The van der Waals surface area contributed by atoms with E-state index in [1.807, 2.05) is 0 Å². The van der Waals surface area contributed by atoms with Gasteiger partial charge in [0.1, 0.15) is 17.4 Å². The second kappa shape index (κ2) is 8.76. The van der Waals surface area contributed by atoms with Crippen molar-refractivity contribution in [1.29, 1.82) is 0 Å². The summed E-state index contributed by atoms with van der Waals surface area (Å²) < 4.78 is 13.4. The van der Waals surface area contributed by atoms with Crippen molar-refractivity contribution in [1.82, 2.24) is 19.5 Å². The summed E-state index contributed by atoms with van der Waals surface area (Å²) in [5, 5.41) is 7.36. The molecule has 1 N–H and O–H groups in total. The zero-order valence-electron chi connectivity index (χ0n) is 18.5. The minimum absolute atomic E-state index is 0.113. The molecule has 1 saturated heterocycles. The third-order valence-corrected chi connectivity index (χ3v) is 6.10. The molecular weight excluding hydrogens is 408 g/mol. The molecule has 9 nitrogen and oxygen atoms in total. The maximum Gasteiger partial charge on any atom is 0.261 e. The zero-order valence-corrected chi connectivity index (χ0v) is 18.5. The smallest absolute Gasteiger partial charge is 0.261 e. The highest BCUT2D eigenvalue weighted by molar-refractivity contribution is 6.09. The van der Waals surface area contributed by atoms with Gasteiger partial charge in [-0.1, -0.05) is 6.92 Å². The number of hydrogen-bond donors (Lipinski definition) is 1. The summed E-state index contributed by atoms with van der Waals surface area (Å²) >= 11 is 0. The molecule has 0 radical (unpaired) electrons. The first-order chi connectivity index (χ1) is 15.6. The normalized spacial score (nSPS) is 18.1. The number of hydrogen-bond acceptors (Lipinski definition) is 7. The number of fused-ring (bicyclic) bond motifs is 2. The Kier molecular flexibility index (Phi) is 5.67. The molecule has 1 fully saturated rings. The number of morpholine rings is 1. The molecule has 9 heteroatoms. The topological polar surface area (TPSA) is 84.2 Å². The van der Waals surface area contributed by atoms with Gasteiger partial charge in [-0.05, 0) is 25.7 Å². The highest BCUT2D eigenvalue weighted by Gasteiger charge is 2.28. The van der Waals surface area contributed by atoms with Gasteiger partial charge in [-0.25, -0.2) is 9.50 Å². The average Bonchev–Trinajstić information content (AvgIpc) is 3.42. The summed E-state index contributed by atoms with van der Waals surface area (Å²) in [4.78, 5) is 22.0. The lowest BCUT2D eigenvalue weighted by Gasteiger charge is -2.31. The van der Waals surface area contributed by atoms with E-state index in [0.717, 1.165) is 55.3 Å². The molecule has 2 aliphatic rings. The van der Waals surface area contributed by atoms with Crippen molar-refractivity contribution in [3.8, 4) is 5.75 Å². The van der Waals surface area contributed by atoms with E-state index < -0.39 is 0 Å². The number of carbonyl (C=O) groups is 1. The van der Waals surface area contributed by atoms with Gasteiger partial charge < -0.3 is 24.6 Å². The second-order valence-corrected chi connectivity index (χ2v) is 8.28. The molecule has 0 spiro atoms. The Balaban J connectivity index is 1.45. The van der Waals surface area contributed by atoms with Crippen molar-refractivity contribution in [2.24, 2.45) is 0 Å². The van der Waals surface area contributed by atoms with E-state index in [9.17, 15) is 4.79 Å². The van der Waals surface area contributed by atoms with E-state index in [2.05, 4.69) is 51.3 Å². The van der Waals surface area contributed by atoms with E-state index in [0.29, 0.717) is 24.4 Å². The number of ether oxygens (including phenoxy) is 2. The Bertz CT molecular complexity index is 1120. The van der Waals surface area contributed by atoms with Crippen LogP contribution in [0.5, 0.6) is 5.75 Å². The number of amides is 1. The number of aromatic nitrogens is 3. The van der Waals surface area contributed by atoms with Gasteiger partial charge in [0, 0.05) is 50.1 Å². The number of rotatable bonds is 6. The van der Waals surface area contributed by atoms with Crippen LogP contribution in [0, 0.1) is 0 Å². The zero-order chi connectivity index (χ0) is 22.1. The van der Waals surface area contributed by atoms with Gasteiger partial charge in [0.15, 0.2) is 5.65 Å². The minimum atomic E-state index is -0.227. The van der Waals surface area contributed by atoms with Gasteiger partial charge in [-0.3, -0.25) is 4.79 Å². The highest BCUT2D eigenvalue weighted by Crippen LogP contribution is 2.39. The van der Waals surface area contributed by atoms with Crippen molar-refractivity contribution in [2.45, 2.75) is 19.4 Å². The minimum Gasteiger partial charge on any atom is -0.488 e.